The minimum Gasteiger partial charge on any atom is -0.388 e. The molecular formula is C48H42N6O6. The van der Waals surface area contributed by atoms with Gasteiger partial charge in [0.05, 0.1) is 35.3 Å². The molecule has 0 spiro atoms. The number of aliphatic hydroxyl groups excluding tert-OH is 2. The molecule has 4 amide bonds. The summed E-state index contributed by atoms with van der Waals surface area (Å²) in [6, 6.07) is 51.8. The molecule has 2 heterocycles. The van der Waals surface area contributed by atoms with Crippen molar-refractivity contribution < 1.29 is 29.4 Å². The molecule has 0 saturated heterocycles. The number of benzodiazepines with no additional fused rings is 2. The predicted octanol–water partition coefficient (Wildman–Crippen LogP) is 5.56. The number of benzene rings is 6. The maximum Gasteiger partial charge on any atom is 0.269 e. The topological polar surface area (TPSA) is 182 Å². The number of hydrogen-bond donors (Lipinski definition) is 6. The Morgan fingerprint density at radius 3 is 1.47 bits per heavy atom. The highest BCUT2D eigenvalue weighted by molar-refractivity contribution is 6.20. The van der Waals surface area contributed by atoms with Gasteiger partial charge in [-0.05, 0) is 23.3 Å². The number of carbonyl (C=O) groups excluding carboxylic acids is 4. The Balaban J connectivity index is 0.000000181. The molecule has 12 heteroatoms. The largest absolute Gasteiger partial charge is 0.388 e. The maximum atomic E-state index is 12.8. The summed E-state index contributed by atoms with van der Waals surface area (Å²) in [5.74, 6) is -2.01. The predicted molar refractivity (Wildman–Crippen MR) is 230 cm³/mol. The molecule has 0 bridgehead atoms. The fraction of sp³-hybridized carbons (Fsp3) is 0.125. The zero-order valence-corrected chi connectivity index (χ0v) is 32.3. The van der Waals surface area contributed by atoms with Crippen LogP contribution in [0.2, 0.25) is 0 Å². The van der Waals surface area contributed by atoms with Crippen LogP contribution in [-0.4, -0.2) is 63.7 Å². The van der Waals surface area contributed by atoms with Crippen molar-refractivity contribution in [2.75, 3.05) is 10.6 Å². The second kappa shape index (κ2) is 19.3. The summed E-state index contributed by atoms with van der Waals surface area (Å²) in [4.78, 5) is 59.8. The Morgan fingerprint density at radius 1 is 0.550 bits per heavy atom. The van der Waals surface area contributed by atoms with E-state index in [1.807, 2.05) is 133 Å². The van der Waals surface area contributed by atoms with E-state index < -0.39 is 48.2 Å². The quantitative estimate of drug-likeness (QED) is 0.106. The highest BCUT2D eigenvalue weighted by Gasteiger charge is 2.30. The van der Waals surface area contributed by atoms with Gasteiger partial charge in [0.15, 0.2) is 0 Å². The first kappa shape index (κ1) is 40.6. The number of aliphatic imine (C=N–C) groups is 2. The molecule has 4 atom stereocenters. The van der Waals surface area contributed by atoms with Gasteiger partial charge in [0.25, 0.3) is 17.7 Å². The Bertz CT molecular complexity index is 2520. The number of para-hydroxylation sites is 2. The van der Waals surface area contributed by atoms with E-state index in [0.717, 1.165) is 27.8 Å². The average Bonchev–Trinajstić information content (AvgIpc) is 3.51. The van der Waals surface area contributed by atoms with Crippen LogP contribution in [0.1, 0.15) is 45.9 Å². The molecule has 2 aliphatic rings. The number of rotatable bonds is 10. The number of carbonyl (C=O) groups is 4. The first-order chi connectivity index (χ1) is 29.2. The smallest absolute Gasteiger partial charge is 0.269 e. The highest BCUT2D eigenvalue weighted by atomic mass is 16.3. The van der Waals surface area contributed by atoms with Crippen LogP contribution in [0, 0.1) is 0 Å². The van der Waals surface area contributed by atoms with Crippen LogP contribution >= 0.6 is 0 Å². The molecular weight excluding hydrogens is 757 g/mol. The Morgan fingerprint density at radius 2 is 0.967 bits per heavy atom. The van der Waals surface area contributed by atoms with E-state index in [9.17, 15) is 29.4 Å². The lowest BCUT2D eigenvalue weighted by molar-refractivity contribution is -0.132. The van der Waals surface area contributed by atoms with Crippen molar-refractivity contribution >= 4 is 46.4 Å². The highest BCUT2D eigenvalue weighted by Crippen LogP contribution is 2.25. The molecule has 0 aromatic heterocycles. The molecule has 12 nitrogen and oxygen atoms in total. The summed E-state index contributed by atoms with van der Waals surface area (Å²) >= 11 is 0. The molecule has 0 saturated carbocycles. The van der Waals surface area contributed by atoms with Crippen LogP contribution in [0.5, 0.6) is 0 Å². The molecule has 0 radical (unpaired) electrons. The number of anilines is 2. The van der Waals surface area contributed by atoms with E-state index in [0.29, 0.717) is 28.4 Å². The van der Waals surface area contributed by atoms with Crippen molar-refractivity contribution in [3.63, 3.8) is 0 Å². The molecule has 6 aromatic rings. The monoisotopic (exact) mass is 798 g/mol. The summed E-state index contributed by atoms with van der Waals surface area (Å²) < 4.78 is 0. The van der Waals surface area contributed by atoms with E-state index in [2.05, 4.69) is 31.3 Å². The number of fused-ring (bicyclic) bond motifs is 2. The third-order valence-corrected chi connectivity index (χ3v) is 9.70. The van der Waals surface area contributed by atoms with Crippen LogP contribution in [-0.2, 0) is 25.6 Å². The zero-order valence-electron chi connectivity index (χ0n) is 32.3. The van der Waals surface area contributed by atoms with E-state index in [4.69, 9.17) is 0 Å². The minimum absolute atomic E-state index is 0.149. The molecule has 60 heavy (non-hydrogen) atoms. The lowest BCUT2D eigenvalue weighted by Crippen LogP contribution is -2.47. The Hall–Kier alpha value is -7.54. The SMILES string of the molecule is O=C(CC(O)c1ccccc1)NC1N=C(c2ccccc2)c2ccccc2NC1=O.O=C(NC1N=C(c2ccccc2)c2ccccc2NC1=O)C(O)Cc1ccccc1. The van der Waals surface area contributed by atoms with Gasteiger partial charge in [-0.15, -0.1) is 0 Å². The van der Waals surface area contributed by atoms with Gasteiger partial charge < -0.3 is 31.5 Å². The number of nitrogens with one attached hydrogen (secondary N) is 4. The summed E-state index contributed by atoms with van der Waals surface area (Å²) in [5.41, 5.74) is 7.11. The standard InChI is InChI=1S/2C24H21N3O3/c28-20(16-9-3-1-4-10-16)15-21(29)26-23-24(30)25-19-14-8-7-13-18(19)22(27-23)17-11-5-2-6-12-17;28-20(15-16-9-3-1-4-10-16)23(29)27-22-24(30)25-19-14-8-7-13-18(19)21(26-22)17-11-5-2-6-12-17/h1-14,20,23,28H,15H2,(H,25,30)(H,26,29);1-14,20,22,28H,15H2,(H,25,30)(H,27,29). The molecule has 8 rings (SSSR count). The van der Waals surface area contributed by atoms with E-state index >= 15 is 0 Å². The van der Waals surface area contributed by atoms with Crippen LogP contribution in [0.4, 0.5) is 11.4 Å². The third kappa shape index (κ3) is 10.1. The maximum absolute atomic E-state index is 12.8. The number of amides is 4. The van der Waals surface area contributed by atoms with Gasteiger partial charge in [0.2, 0.25) is 18.2 Å². The van der Waals surface area contributed by atoms with Gasteiger partial charge in [-0.2, -0.15) is 0 Å². The zero-order chi connectivity index (χ0) is 41.8. The van der Waals surface area contributed by atoms with Crippen molar-refractivity contribution in [3.8, 4) is 0 Å². The van der Waals surface area contributed by atoms with Crippen LogP contribution in [0.15, 0.2) is 180 Å². The van der Waals surface area contributed by atoms with Gasteiger partial charge in [-0.1, -0.05) is 158 Å². The number of nitrogens with zero attached hydrogens (tertiary/aromatic N) is 2. The molecule has 2 aliphatic heterocycles. The van der Waals surface area contributed by atoms with E-state index in [-0.39, 0.29) is 12.8 Å². The fourth-order valence-corrected chi connectivity index (χ4v) is 6.70. The number of hydrogen-bond acceptors (Lipinski definition) is 8. The molecule has 6 N–H and O–H groups in total. The number of aliphatic hydroxyl groups is 2. The molecule has 300 valence electrons. The van der Waals surface area contributed by atoms with Crippen molar-refractivity contribution in [1.82, 2.24) is 10.6 Å². The summed E-state index contributed by atoms with van der Waals surface area (Å²) in [6.07, 6.45) is -4.54. The van der Waals surface area contributed by atoms with Crippen molar-refractivity contribution in [3.05, 3.63) is 203 Å². The van der Waals surface area contributed by atoms with Gasteiger partial charge in [0, 0.05) is 28.7 Å². The molecule has 4 unspecified atom stereocenters. The Labute approximate surface area is 346 Å². The van der Waals surface area contributed by atoms with Gasteiger partial charge in [-0.25, -0.2) is 9.98 Å². The molecule has 0 aliphatic carbocycles. The normalized spacial score (nSPS) is 16.5. The molecule has 6 aromatic carbocycles. The lowest BCUT2D eigenvalue weighted by Gasteiger charge is -2.16. The van der Waals surface area contributed by atoms with Crippen molar-refractivity contribution in [2.24, 2.45) is 9.98 Å². The Kier molecular flexibility index (Phi) is 13.1. The van der Waals surface area contributed by atoms with Gasteiger partial charge >= 0.3 is 0 Å². The van der Waals surface area contributed by atoms with Crippen LogP contribution < -0.4 is 21.3 Å². The van der Waals surface area contributed by atoms with Crippen LogP contribution in [0.25, 0.3) is 0 Å². The first-order valence-corrected chi connectivity index (χ1v) is 19.3. The molecule has 0 fully saturated rings. The third-order valence-electron chi connectivity index (χ3n) is 9.70. The summed E-state index contributed by atoms with van der Waals surface area (Å²) in [6.45, 7) is 0. The summed E-state index contributed by atoms with van der Waals surface area (Å²) in [7, 11) is 0. The summed E-state index contributed by atoms with van der Waals surface area (Å²) in [5, 5.41) is 31.5. The van der Waals surface area contributed by atoms with Crippen molar-refractivity contribution in [1.29, 1.82) is 0 Å². The van der Waals surface area contributed by atoms with Gasteiger partial charge in [0.1, 0.15) is 6.10 Å². The second-order valence-corrected chi connectivity index (χ2v) is 14.0. The second-order valence-electron chi connectivity index (χ2n) is 14.0. The van der Waals surface area contributed by atoms with E-state index in [1.165, 1.54) is 0 Å². The van der Waals surface area contributed by atoms with Gasteiger partial charge in [-0.3, -0.25) is 19.2 Å². The average molecular weight is 799 g/mol. The first-order valence-electron chi connectivity index (χ1n) is 19.3. The fourth-order valence-electron chi connectivity index (χ4n) is 6.70. The van der Waals surface area contributed by atoms with E-state index in [1.54, 1.807) is 36.4 Å². The minimum atomic E-state index is -1.29. The van der Waals surface area contributed by atoms with Crippen LogP contribution in [0.3, 0.4) is 0 Å². The lowest BCUT2D eigenvalue weighted by atomic mass is 10.0. The van der Waals surface area contributed by atoms with Crippen molar-refractivity contribution in [2.45, 2.75) is 37.4 Å².